The minimum absolute atomic E-state index is 0.142. The Hall–Kier alpha value is -0.690. The van der Waals surface area contributed by atoms with E-state index >= 15 is 0 Å². The lowest BCUT2D eigenvalue weighted by molar-refractivity contribution is -0.197. The fourth-order valence-electron chi connectivity index (χ4n) is 3.89. The molecule has 0 aromatic carbocycles. The molecule has 0 saturated carbocycles. The molecule has 0 aromatic heterocycles. The van der Waals surface area contributed by atoms with Crippen molar-refractivity contribution in [1.29, 1.82) is 0 Å². The maximum absolute atomic E-state index is 11.7. The molecule has 0 aliphatic carbocycles. The smallest absolute Gasteiger partial charge is 0.330 e. The van der Waals surface area contributed by atoms with E-state index in [0.29, 0.717) is 5.06 Å². The van der Waals surface area contributed by atoms with Gasteiger partial charge in [0.25, 0.3) is 11.8 Å². The van der Waals surface area contributed by atoms with Gasteiger partial charge in [0.1, 0.15) is 0 Å². The minimum atomic E-state index is -0.480. The summed E-state index contributed by atoms with van der Waals surface area (Å²) in [5, 5.41) is 0.635. The molecule has 1 aliphatic rings. The quantitative estimate of drug-likeness (QED) is 0.0802. The summed E-state index contributed by atoms with van der Waals surface area (Å²) < 4.78 is 0. The Morgan fingerprint density at radius 3 is 1.52 bits per heavy atom. The third-order valence-electron chi connectivity index (χ3n) is 5.97. The molecule has 192 valence electrons. The fraction of sp³-hybridized carbons (Fsp3) is 0.885. The molecule has 1 aliphatic heterocycles. The van der Waals surface area contributed by atoms with Crippen LogP contribution >= 0.6 is 21.6 Å². The number of rotatable bonds is 23. The van der Waals surface area contributed by atoms with E-state index in [-0.39, 0.29) is 19.3 Å². The second-order valence-corrected chi connectivity index (χ2v) is 11.8. The van der Waals surface area contributed by atoms with E-state index in [4.69, 9.17) is 4.84 Å². The summed E-state index contributed by atoms with van der Waals surface area (Å²) in [6, 6.07) is 0. The molecular formula is C26H47NO4S2. The Bertz CT molecular complexity index is 514. The summed E-state index contributed by atoms with van der Waals surface area (Å²) in [5.41, 5.74) is 0. The van der Waals surface area contributed by atoms with Crippen molar-refractivity contribution in [2.24, 2.45) is 0 Å². The highest BCUT2D eigenvalue weighted by Gasteiger charge is 2.32. The Morgan fingerprint density at radius 1 is 0.667 bits per heavy atom. The Balaban J connectivity index is 1.72. The van der Waals surface area contributed by atoms with Crippen molar-refractivity contribution in [1.82, 2.24) is 5.06 Å². The first-order valence-electron chi connectivity index (χ1n) is 13.5. The van der Waals surface area contributed by atoms with Crippen LogP contribution in [0.5, 0.6) is 0 Å². The van der Waals surface area contributed by atoms with Gasteiger partial charge in [-0.25, -0.2) is 4.79 Å². The Labute approximate surface area is 210 Å². The van der Waals surface area contributed by atoms with Gasteiger partial charge in [-0.05, 0) is 19.3 Å². The summed E-state index contributed by atoms with van der Waals surface area (Å²) in [5.74, 6) is 1.27. The van der Waals surface area contributed by atoms with Crippen LogP contribution in [0.1, 0.15) is 135 Å². The lowest BCUT2D eigenvalue weighted by Gasteiger charge is -2.12. The van der Waals surface area contributed by atoms with E-state index < -0.39 is 17.8 Å². The molecule has 0 aromatic rings. The highest BCUT2D eigenvalue weighted by molar-refractivity contribution is 8.76. The van der Waals surface area contributed by atoms with Gasteiger partial charge in [-0.2, -0.15) is 0 Å². The molecule has 5 nitrogen and oxygen atoms in total. The van der Waals surface area contributed by atoms with Gasteiger partial charge in [-0.3, -0.25) is 9.59 Å². The zero-order chi connectivity index (χ0) is 24.0. The summed E-state index contributed by atoms with van der Waals surface area (Å²) in [4.78, 5) is 39.4. The molecule has 1 fully saturated rings. The van der Waals surface area contributed by atoms with Gasteiger partial charge in [0, 0.05) is 30.8 Å². The second-order valence-electron chi connectivity index (χ2n) is 9.10. The first-order valence-corrected chi connectivity index (χ1v) is 15.9. The number of hydroxylamine groups is 2. The van der Waals surface area contributed by atoms with E-state index in [1.807, 2.05) is 10.8 Å². The zero-order valence-electron chi connectivity index (χ0n) is 21.0. The van der Waals surface area contributed by atoms with Crippen LogP contribution in [0.4, 0.5) is 0 Å². The first kappa shape index (κ1) is 30.3. The van der Waals surface area contributed by atoms with E-state index in [2.05, 4.69) is 17.7 Å². The van der Waals surface area contributed by atoms with Crippen molar-refractivity contribution in [3.63, 3.8) is 0 Å². The van der Waals surface area contributed by atoms with Crippen molar-refractivity contribution < 1.29 is 19.2 Å². The van der Waals surface area contributed by atoms with Crippen LogP contribution in [-0.2, 0) is 19.2 Å². The molecule has 2 amide bonds. The molecule has 1 heterocycles. The third-order valence-corrected chi connectivity index (χ3v) is 8.55. The molecule has 0 unspecified atom stereocenters. The van der Waals surface area contributed by atoms with E-state index in [0.717, 1.165) is 19.3 Å². The molecule has 0 bridgehead atoms. The summed E-state index contributed by atoms with van der Waals surface area (Å²) in [6.07, 6.45) is 22.5. The van der Waals surface area contributed by atoms with Gasteiger partial charge in [0.2, 0.25) is 0 Å². The van der Waals surface area contributed by atoms with Crippen molar-refractivity contribution in [2.45, 2.75) is 135 Å². The number of unbranched alkanes of at least 4 members (excludes halogenated alkanes) is 15. The lowest BCUT2D eigenvalue weighted by Crippen LogP contribution is -2.31. The number of carbonyl (C=O) groups is 3. The number of hydrogen-bond donors (Lipinski definition) is 0. The summed E-state index contributed by atoms with van der Waals surface area (Å²) in [6.45, 7) is 2.28. The van der Waals surface area contributed by atoms with E-state index in [1.165, 1.54) is 101 Å². The minimum Gasteiger partial charge on any atom is -0.330 e. The second kappa shape index (κ2) is 21.8. The molecule has 1 saturated heterocycles. The highest BCUT2D eigenvalue weighted by atomic mass is 33.1. The van der Waals surface area contributed by atoms with Crippen molar-refractivity contribution in [2.75, 3.05) is 11.5 Å². The fourth-order valence-corrected chi connectivity index (χ4v) is 6.18. The molecule has 0 radical (unpaired) electrons. The molecule has 33 heavy (non-hydrogen) atoms. The number of hydrogen-bond acceptors (Lipinski definition) is 6. The van der Waals surface area contributed by atoms with Gasteiger partial charge in [-0.1, -0.05) is 118 Å². The molecule has 0 N–H and O–H groups in total. The normalized spacial score (nSPS) is 13.8. The van der Waals surface area contributed by atoms with Crippen LogP contribution in [0.2, 0.25) is 0 Å². The maximum atomic E-state index is 11.7. The van der Waals surface area contributed by atoms with Crippen molar-refractivity contribution >= 4 is 39.4 Å². The van der Waals surface area contributed by atoms with Gasteiger partial charge >= 0.3 is 5.97 Å². The average molecular weight is 502 g/mol. The van der Waals surface area contributed by atoms with Crippen LogP contribution in [0, 0.1) is 0 Å². The van der Waals surface area contributed by atoms with Crippen LogP contribution < -0.4 is 0 Å². The number of amides is 2. The number of nitrogens with zero attached hydrogens (tertiary/aromatic N) is 1. The Kier molecular flexibility index (Phi) is 20.1. The topological polar surface area (TPSA) is 63.7 Å². The molecule has 0 atom stereocenters. The largest absolute Gasteiger partial charge is 0.333 e. The lowest BCUT2D eigenvalue weighted by atomic mass is 10.1. The predicted octanol–water partition coefficient (Wildman–Crippen LogP) is 8.02. The summed E-state index contributed by atoms with van der Waals surface area (Å²) in [7, 11) is 4.10. The van der Waals surface area contributed by atoms with Gasteiger partial charge in [0.05, 0.1) is 0 Å². The molecule has 7 heteroatoms. The monoisotopic (exact) mass is 501 g/mol. The molecule has 0 spiro atoms. The standard InChI is InChI=1S/C26H47NO4S2/c1-2-3-4-5-6-8-11-14-17-22-32-33-23-18-15-12-9-7-10-13-16-19-26(30)31-27-24(28)20-21-25(27)29/h2-23H2,1H3. The summed E-state index contributed by atoms with van der Waals surface area (Å²) >= 11 is 0. The van der Waals surface area contributed by atoms with E-state index in [1.54, 1.807) is 0 Å². The van der Waals surface area contributed by atoms with Crippen molar-refractivity contribution in [3.8, 4) is 0 Å². The van der Waals surface area contributed by atoms with Crippen molar-refractivity contribution in [3.05, 3.63) is 0 Å². The van der Waals surface area contributed by atoms with E-state index in [9.17, 15) is 14.4 Å². The van der Waals surface area contributed by atoms with Gasteiger partial charge in [-0.15, -0.1) is 5.06 Å². The molecule has 1 rings (SSSR count). The first-order chi connectivity index (χ1) is 16.1. The zero-order valence-corrected chi connectivity index (χ0v) is 22.6. The third kappa shape index (κ3) is 17.4. The Morgan fingerprint density at radius 2 is 1.06 bits per heavy atom. The van der Waals surface area contributed by atoms with Gasteiger partial charge < -0.3 is 4.84 Å². The number of imide groups is 1. The number of carbonyl (C=O) groups excluding carboxylic acids is 3. The van der Waals surface area contributed by atoms with Crippen LogP contribution in [0.25, 0.3) is 0 Å². The van der Waals surface area contributed by atoms with Gasteiger partial charge in [0.15, 0.2) is 0 Å². The van der Waals surface area contributed by atoms with Crippen LogP contribution in [0.3, 0.4) is 0 Å². The average Bonchev–Trinajstić information content (AvgIpc) is 3.12. The SMILES string of the molecule is CCCCCCCCCCCSSCCCCCCCCCCC(=O)ON1C(=O)CCC1=O. The maximum Gasteiger partial charge on any atom is 0.333 e. The highest BCUT2D eigenvalue weighted by Crippen LogP contribution is 2.25. The predicted molar refractivity (Wildman–Crippen MR) is 141 cm³/mol. The van der Waals surface area contributed by atoms with Crippen LogP contribution in [-0.4, -0.2) is 34.4 Å². The molecular weight excluding hydrogens is 454 g/mol. The van der Waals surface area contributed by atoms with Crippen LogP contribution in [0.15, 0.2) is 0 Å².